The van der Waals surface area contributed by atoms with Crippen molar-refractivity contribution in [3.05, 3.63) is 48.7 Å². The number of hydrogen-bond acceptors (Lipinski definition) is 9. The van der Waals surface area contributed by atoms with Crippen LogP contribution in [0, 0.1) is 11.8 Å². The maximum Gasteiger partial charge on any atom is 0.407 e. The largest absolute Gasteiger partial charge is 0.472 e. The van der Waals surface area contributed by atoms with E-state index in [9.17, 15) is 27.6 Å². The molecule has 3 N–H and O–H groups in total. The Morgan fingerprint density at radius 3 is 2.61 bits per heavy atom. The first-order chi connectivity index (χ1) is 23.6. The van der Waals surface area contributed by atoms with Gasteiger partial charge in [-0.25, -0.2) is 18.2 Å². The number of alkyl carbamates (subject to hydrolysis) is 1. The summed E-state index contributed by atoms with van der Waals surface area (Å²) >= 11 is 0. The van der Waals surface area contributed by atoms with Crippen molar-refractivity contribution in [1.82, 2.24) is 25.2 Å². The second kappa shape index (κ2) is 13.3. The molecule has 0 unspecified atom stereocenters. The third-order valence-corrected chi connectivity index (χ3v) is 12.5. The standard InChI is InChI=1S/C35H43N5O8S/c1-2-24-19-35(24,33(43)39-49(45,46)26-12-13-26)38-30(41)28-18-25-20-40(28)32(42)29(23-8-6-9-23)37-34(44)47-16-5-3-4-7-21-10-11-22-14-15-36-31(48-25)27(22)17-21/h2,10-11,14-15,17,23-26,28-29H,1,3-9,12-13,16,18-20H2,(H,37,44)(H,38,41)(H,39,43)/t24-,25+,28+,29+,35-/m1/s1. The fraction of sp³-hybridized carbons (Fsp3) is 0.571. The van der Waals surface area contributed by atoms with Gasteiger partial charge in [0.1, 0.15) is 23.7 Å². The van der Waals surface area contributed by atoms with Gasteiger partial charge in [0.05, 0.1) is 18.4 Å². The molecule has 1 saturated heterocycles. The van der Waals surface area contributed by atoms with Crippen molar-refractivity contribution in [2.24, 2.45) is 11.8 Å². The van der Waals surface area contributed by atoms with Crippen LogP contribution >= 0.6 is 0 Å². The molecule has 1 aromatic carbocycles. The number of carbonyl (C=O) groups excluding carboxylic acids is 4. The molecule has 3 saturated carbocycles. The minimum Gasteiger partial charge on any atom is -0.472 e. The molecule has 3 heterocycles. The maximum atomic E-state index is 14.4. The summed E-state index contributed by atoms with van der Waals surface area (Å²) in [6.45, 7) is 4.03. The lowest BCUT2D eigenvalue weighted by Crippen LogP contribution is -2.59. The van der Waals surface area contributed by atoms with E-state index in [0.29, 0.717) is 25.1 Å². The molecule has 4 bridgehead atoms. The van der Waals surface area contributed by atoms with E-state index in [-0.39, 0.29) is 31.9 Å². The van der Waals surface area contributed by atoms with Gasteiger partial charge in [-0.05, 0) is 86.8 Å². The topological polar surface area (TPSA) is 173 Å². The molecule has 4 fully saturated rings. The van der Waals surface area contributed by atoms with Gasteiger partial charge in [-0.3, -0.25) is 19.1 Å². The Labute approximate surface area is 285 Å². The van der Waals surface area contributed by atoms with E-state index in [2.05, 4.69) is 39.1 Å². The van der Waals surface area contributed by atoms with Crippen molar-refractivity contribution in [2.75, 3.05) is 13.2 Å². The van der Waals surface area contributed by atoms with Crippen LogP contribution in [-0.2, 0) is 35.6 Å². The lowest BCUT2D eigenvalue weighted by molar-refractivity contribution is -0.142. The second-order valence-electron chi connectivity index (χ2n) is 14.1. The van der Waals surface area contributed by atoms with Crippen molar-refractivity contribution in [3.8, 4) is 5.88 Å². The van der Waals surface area contributed by atoms with Crippen LogP contribution in [0.15, 0.2) is 43.1 Å². The van der Waals surface area contributed by atoms with Crippen LogP contribution in [0.3, 0.4) is 0 Å². The van der Waals surface area contributed by atoms with E-state index >= 15 is 0 Å². The predicted octanol–water partition coefficient (Wildman–Crippen LogP) is 2.87. The SMILES string of the molecule is C=C[C@@H]1C[C@]1(NC(=O)[C@@H]1C[C@H]2CN1C(=O)[C@H](C1CCC1)NC(=O)OCCCCCc1ccc3ccnc(c3c1)O2)C(=O)NS(=O)(=O)C1CC1. The number of cyclic esters (lactones) is 1. The summed E-state index contributed by atoms with van der Waals surface area (Å²) < 4.78 is 39.4. The second-order valence-corrected chi connectivity index (χ2v) is 16.1. The van der Waals surface area contributed by atoms with Gasteiger partial charge >= 0.3 is 6.09 Å². The van der Waals surface area contributed by atoms with Gasteiger partial charge in [-0.15, -0.1) is 6.58 Å². The zero-order chi connectivity index (χ0) is 34.3. The summed E-state index contributed by atoms with van der Waals surface area (Å²) in [4.78, 5) is 60.8. The number of fused-ring (bicyclic) bond motifs is 3. The van der Waals surface area contributed by atoms with Crippen molar-refractivity contribution < 1.29 is 37.1 Å². The summed E-state index contributed by atoms with van der Waals surface area (Å²) in [5.74, 6) is -2.08. The first-order valence-corrected chi connectivity index (χ1v) is 18.9. The predicted molar refractivity (Wildman–Crippen MR) is 179 cm³/mol. The van der Waals surface area contributed by atoms with E-state index in [1.54, 1.807) is 6.20 Å². The van der Waals surface area contributed by atoms with E-state index < -0.39 is 68.7 Å². The molecule has 3 aliphatic carbocycles. The first kappa shape index (κ1) is 33.3. The van der Waals surface area contributed by atoms with Gasteiger partial charge in [-0.1, -0.05) is 24.6 Å². The molecule has 2 aliphatic heterocycles. The molecule has 13 nitrogen and oxygen atoms in total. The van der Waals surface area contributed by atoms with Crippen LogP contribution in [0.2, 0.25) is 0 Å². The molecule has 49 heavy (non-hydrogen) atoms. The highest BCUT2D eigenvalue weighted by Crippen LogP contribution is 2.45. The van der Waals surface area contributed by atoms with Crippen LogP contribution in [0.25, 0.3) is 10.8 Å². The number of amides is 4. The summed E-state index contributed by atoms with van der Waals surface area (Å²) in [7, 11) is -3.87. The van der Waals surface area contributed by atoms with Gasteiger partial charge in [0.2, 0.25) is 27.7 Å². The average Bonchev–Trinajstić information content (AvgIpc) is 3.98. The molecule has 262 valence electrons. The fourth-order valence-corrected chi connectivity index (χ4v) is 8.63. The number of sulfonamides is 1. The van der Waals surface area contributed by atoms with Crippen LogP contribution in [0.4, 0.5) is 4.79 Å². The monoisotopic (exact) mass is 693 g/mol. The number of hydrogen-bond donors (Lipinski definition) is 3. The number of benzene rings is 1. The Hall–Kier alpha value is -4.20. The van der Waals surface area contributed by atoms with Crippen LogP contribution in [0.5, 0.6) is 5.88 Å². The maximum absolute atomic E-state index is 14.4. The Balaban J connectivity index is 1.19. The minimum absolute atomic E-state index is 0.0365. The Morgan fingerprint density at radius 1 is 1.08 bits per heavy atom. The summed E-state index contributed by atoms with van der Waals surface area (Å²) in [5, 5.41) is 6.76. The number of carbonyl (C=O) groups is 4. The Kier molecular flexibility index (Phi) is 9.01. The average molecular weight is 694 g/mol. The molecule has 7 rings (SSSR count). The number of nitrogens with zero attached hydrogens (tertiary/aromatic N) is 2. The third kappa shape index (κ3) is 6.84. The highest BCUT2D eigenvalue weighted by Gasteiger charge is 2.62. The summed E-state index contributed by atoms with van der Waals surface area (Å²) in [6, 6.07) is 6.08. The van der Waals surface area contributed by atoms with E-state index in [1.807, 2.05) is 12.1 Å². The molecular formula is C35H43N5O8S. The Morgan fingerprint density at radius 2 is 1.90 bits per heavy atom. The van der Waals surface area contributed by atoms with Crippen LogP contribution in [0.1, 0.15) is 69.8 Å². The first-order valence-electron chi connectivity index (χ1n) is 17.4. The smallest absolute Gasteiger partial charge is 0.407 e. The highest BCUT2D eigenvalue weighted by atomic mass is 32.2. The zero-order valence-electron chi connectivity index (χ0n) is 27.4. The van der Waals surface area contributed by atoms with Crippen molar-refractivity contribution in [3.63, 3.8) is 0 Å². The van der Waals surface area contributed by atoms with Gasteiger partial charge < -0.3 is 25.0 Å². The van der Waals surface area contributed by atoms with E-state index in [0.717, 1.165) is 54.9 Å². The number of pyridine rings is 1. The molecule has 2 aromatic rings. The van der Waals surface area contributed by atoms with Crippen molar-refractivity contribution in [2.45, 2.75) is 99.6 Å². The molecule has 0 radical (unpaired) electrons. The van der Waals surface area contributed by atoms with E-state index in [4.69, 9.17) is 9.47 Å². The molecule has 1 aromatic heterocycles. The van der Waals surface area contributed by atoms with Crippen molar-refractivity contribution in [1.29, 1.82) is 0 Å². The highest BCUT2D eigenvalue weighted by molar-refractivity contribution is 7.91. The molecule has 5 atom stereocenters. The lowest BCUT2D eigenvalue weighted by atomic mass is 9.79. The summed E-state index contributed by atoms with van der Waals surface area (Å²) in [5.41, 5.74) is -0.397. The zero-order valence-corrected chi connectivity index (χ0v) is 28.2. The number of aromatic nitrogens is 1. The van der Waals surface area contributed by atoms with Crippen molar-refractivity contribution >= 4 is 44.6 Å². The Bertz CT molecular complexity index is 1780. The summed E-state index contributed by atoms with van der Waals surface area (Å²) in [6.07, 6.45) is 8.76. The molecule has 14 heteroatoms. The molecular weight excluding hydrogens is 650 g/mol. The molecule has 0 spiro atoms. The minimum atomic E-state index is -3.87. The number of rotatable bonds is 7. The number of nitrogens with one attached hydrogen (secondary N) is 3. The van der Waals surface area contributed by atoms with Gasteiger partial charge in [0.15, 0.2) is 0 Å². The quantitative estimate of drug-likeness (QED) is 0.369. The van der Waals surface area contributed by atoms with Gasteiger partial charge in [-0.2, -0.15) is 0 Å². The molecule has 4 amide bonds. The van der Waals surface area contributed by atoms with E-state index in [1.165, 1.54) is 11.0 Å². The van der Waals surface area contributed by atoms with Crippen LogP contribution in [-0.4, -0.2) is 84.2 Å². The lowest BCUT2D eigenvalue weighted by Gasteiger charge is -2.36. The third-order valence-electron chi connectivity index (χ3n) is 10.7. The fourth-order valence-electron chi connectivity index (χ4n) is 7.26. The van der Waals surface area contributed by atoms with Gasteiger partial charge in [0.25, 0.3) is 5.91 Å². The van der Waals surface area contributed by atoms with Gasteiger partial charge in [0, 0.05) is 23.9 Å². The number of ether oxygens (including phenoxy) is 2. The van der Waals surface area contributed by atoms with Crippen LogP contribution < -0.4 is 20.1 Å². The molecule has 5 aliphatic rings. The normalized spacial score (nSPS) is 29.4. The number of aryl methyl sites for hydroxylation is 1.